The molecule has 114 valence electrons. The molecule has 21 heavy (non-hydrogen) atoms. The molecule has 1 aromatic rings. The molecule has 3 N–H and O–H groups in total. The second-order valence-corrected chi connectivity index (χ2v) is 6.47. The second-order valence-electron chi connectivity index (χ2n) is 6.47. The van der Waals surface area contributed by atoms with Crippen molar-refractivity contribution < 1.29 is 9.90 Å². The number of carbonyl (C=O) groups is 1. The van der Waals surface area contributed by atoms with Crippen molar-refractivity contribution in [2.24, 2.45) is 17.8 Å². The van der Waals surface area contributed by atoms with Crippen LogP contribution >= 0.6 is 0 Å². The fraction of sp³-hybridized carbons (Fsp3) is 0.588. The van der Waals surface area contributed by atoms with Gasteiger partial charge in [0.2, 0.25) is 0 Å². The maximum Gasteiger partial charge on any atom is 0.319 e. The lowest BCUT2D eigenvalue weighted by molar-refractivity contribution is 0.199. The molecule has 0 aromatic heterocycles. The van der Waals surface area contributed by atoms with E-state index < -0.39 is 6.10 Å². The highest BCUT2D eigenvalue weighted by atomic mass is 16.3. The van der Waals surface area contributed by atoms with Crippen LogP contribution in [0, 0.1) is 17.8 Å². The highest BCUT2D eigenvalue weighted by molar-refractivity contribution is 5.89. The first-order valence-corrected chi connectivity index (χ1v) is 7.96. The summed E-state index contributed by atoms with van der Waals surface area (Å²) in [6, 6.07) is 7.17. The topological polar surface area (TPSA) is 61.4 Å². The van der Waals surface area contributed by atoms with Crippen molar-refractivity contribution in [3.63, 3.8) is 0 Å². The molecule has 0 spiro atoms. The normalized spacial score (nSPS) is 19.4. The van der Waals surface area contributed by atoms with Gasteiger partial charge in [-0.05, 0) is 68.1 Å². The lowest BCUT2D eigenvalue weighted by Gasteiger charge is -2.16. The van der Waals surface area contributed by atoms with Gasteiger partial charge in [0.25, 0.3) is 0 Å². The molecule has 4 nitrogen and oxygen atoms in total. The van der Waals surface area contributed by atoms with Crippen LogP contribution in [-0.2, 0) is 0 Å². The summed E-state index contributed by atoms with van der Waals surface area (Å²) in [6.07, 6.45) is 4.87. The highest BCUT2D eigenvalue weighted by Crippen LogP contribution is 2.48. The van der Waals surface area contributed by atoms with E-state index in [1.165, 1.54) is 25.7 Å². The quantitative estimate of drug-likeness (QED) is 0.752. The van der Waals surface area contributed by atoms with Crippen LogP contribution in [0.2, 0.25) is 0 Å². The molecule has 2 aliphatic carbocycles. The van der Waals surface area contributed by atoms with Crippen molar-refractivity contribution >= 4 is 11.7 Å². The first kappa shape index (κ1) is 14.4. The van der Waals surface area contributed by atoms with Gasteiger partial charge in [-0.15, -0.1) is 0 Å². The Balaban J connectivity index is 1.47. The van der Waals surface area contributed by atoms with Gasteiger partial charge in [0, 0.05) is 12.2 Å². The number of nitrogens with one attached hydrogen (secondary N) is 2. The summed E-state index contributed by atoms with van der Waals surface area (Å²) in [5.74, 6) is 2.39. The highest BCUT2D eigenvalue weighted by Gasteiger charge is 2.41. The molecule has 2 amide bonds. The van der Waals surface area contributed by atoms with Gasteiger partial charge in [-0.25, -0.2) is 4.79 Å². The van der Waals surface area contributed by atoms with Crippen molar-refractivity contribution in [3.8, 4) is 0 Å². The molecular formula is C17H24N2O2. The van der Waals surface area contributed by atoms with E-state index in [0.717, 1.165) is 29.6 Å². The predicted molar refractivity (Wildman–Crippen MR) is 83.0 cm³/mol. The molecule has 2 fully saturated rings. The largest absolute Gasteiger partial charge is 0.389 e. The third-order valence-electron chi connectivity index (χ3n) is 4.60. The number of carbonyl (C=O) groups excluding carboxylic acids is 1. The monoisotopic (exact) mass is 288 g/mol. The molecule has 0 saturated heterocycles. The smallest absolute Gasteiger partial charge is 0.319 e. The van der Waals surface area contributed by atoms with E-state index in [2.05, 4.69) is 10.6 Å². The van der Waals surface area contributed by atoms with Gasteiger partial charge in [-0.2, -0.15) is 0 Å². The minimum atomic E-state index is -0.481. The molecule has 2 aliphatic rings. The predicted octanol–water partition coefficient (Wildman–Crippen LogP) is 3.30. The van der Waals surface area contributed by atoms with Crippen molar-refractivity contribution in [1.82, 2.24) is 5.32 Å². The number of hydrogen-bond donors (Lipinski definition) is 3. The van der Waals surface area contributed by atoms with Crippen LogP contribution in [0.5, 0.6) is 0 Å². The third-order valence-corrected chi connectivity index (χ3v) is 4.60. The molecule has 0 aliphatic heterocycles. The maximum atomic E-state index is 12.0. The van der Waals surface area contributed by atoms with Crippen molar-refractivity contribution in [1.29, 1.82) is 0 Å². The zero-order valence-electron chi connectivity index (χ0n) is 12.5. The maximum absolute atomic E-state index is 12.0. The molecule has 1 aromatic carbocycles. The number of hydrogen-bond acceptors (Lipinski definition) is 2. The van der Waals surface area contributed by atoms with Crippen LogP contribution in [0.15, 0.2) is 24.3 Å². The molecule has 4 heteroatoms. The van der Waals surface area contributed by atoms with Crippen molar-refractivity contribution in [3.05, 3.63) is 29.8 Å². The Labute approximate surface area is 125 Å². The SMILES string of the molecule is CC(O)c1ccc(NC(=O)NCC(C2CC2)C2CC2)cc1. The Morgan fingerprint density at radius 1 is 1.19 bits per heavy atom. The molecule has 3 rings (SSSR count). The minimum absolute atomic E-state index is 0.133. The first-order chi connectivity index (χ1) is 10.1. The van der Waals surface area contributed by atoms with E-state index in [1.807, 2.05) is 24.3 Å². The summed E-state index contributed by atoms with van der Waals surface area (Å²) in [7, 11) is 0. The van der Waals surface area contributed by atoms with E-state index in [0.29, 0.717) is 5.92 Å². The number of amides is 2. The van der Waals surface area contributed by atoms with Gasteiger partial charge in [0.15, 0.2) is 0 Å². The van der Waals surface area contributed by atoms with Gasteiger partial charge in [0.05, 0.1) is 6.10 Å². The van der Waals surface area contributed by atoms with E-state index in [4.69, 9.17) is 0 Å². The van der Waals surface area contributed by atoms with Crippen LogP contribution < -0.4 is 10.6 Å². The van der Waals surface area contributed by atoms with Gasteiger partial charge in [0.1, 0.15) is 0 Å². The van der Waals surface area contributed by atoms with Crippen LogP contribution in [0.25, 0.3) is 0 Å². The molecule has 2 saturated carbocycles. The number of aliphatic hydroxyl groups excluding tert-OH is 1. The average molecular weight is 288 g/mol. The van der Waals surface area contributed by atoms with E-state index in [1.54, 1.807) is 6.92 Å². The van der Waals surface area contributed by atoms with Crippen molar-refractivity contribution in [2.45, 2.75) is 38.7 Å². The van der Waals surface area contributed by atoms with Crippen LogP contribution in [0.1, 0.15) is 44.3 Å². The summed E-state index contributed by atoms with van der Waals surface area (Å²) >= 11 is 0. The Morgan fingerprint density at radius 2 is 1.76 bits per heavy atom. The number of urea groups is 1. The average Bonchev–Trinajstić information content (AvgIpc) is 3.33. The van der Waals surface area contributed by atoms with Gasteiger partial charge in [-0.3, -0.25) is 0 Å². The fourth-order valence-corrected chi connectivity index (χ4v) is 3.00. The zero-order valence-corrected chi connectivity index (χ0v) is 12.5. The van der Waals surface area contributed by atoms with Gasteiger partial charge in [-0.1, -0.05) is 12.1 Å². The van der Waals surface area contributed by atoms with Crippen LogP contribution in [-0.4, -0.2) is 17.7 Å². The molecule has 0 radical (unpaired) electrons. The standard InChI is InChI=1S/C17H24N2O2/c1-11(20)12-6-8-15(9-7-12)19-17(21)18-10-16(13-2-3-13)14-4-5-14/h6-9,11,13-14,16,20H,2-5,10H2,1H3,(H2,18,19,21). The van der Waals surface area contributed by atoms with E-state index in [-0.39, 0.29) is 6.03 Å². The van der Waals surface area contributed by atoms with Gasteiger partial charge >= 0.3 is 6.03 Å². The molecule has 1 unspecified atom stereocenters. The summed E-state index contributed by atoms with van der Waals surface area (Å²) in [6.45, 7) is 2.53. The Bertz CT molecular complexity index is 478. The lowest BCUT2D eigenvalue weighted by atomic mass is 9.98. The first-order valence-electron chi connectivity index (χ1n) is 7.96. The summed E-state index contributed by atoms with van der Waals surface area (Å²) in [4.78, 5) is 12.0. The Kier molecular flexibility index (Phi) is 4.15. The summed E-state index contributed by atoms with van der Waals surface area (Å²) in [5, 5.41) is 15.3. The Hall–Kier alpha value is -1.55. The van der Waals surface area contributed by atoms with Crippen molar-refractivity contribution in [2.75, 3.05) is 11.9 Å². The summed E-state index contributed by atoms with van der Waals surface area (Å²) in [5.41, 5.74) is 1.61. The van der Waals surface area contributed by atoms with Gasteiger partial charge < -0.3 is 15.7 Å². The second kappa shape index (κ2) is 6.06. The number of benzene rings is 1. The van der Waals surface area contributed by atoms with Crippen LogP contribution in [0.3, 0.4) is 0 Å². The number of aliphatic hydroxyl groups is 1. The fourth-order valence-electron chi connectivity index (χ4n) is 3.00. The summed E-state index contributed by atoms with van der Waals surface area (Å²) < 4.78 is 0. The number of rotatable bonds is 6. The zero-order chi connectivity index (χ0) is 14.8. The molecule has 0 heterocycles. The molecule has 1 atom stereocenters. The lowest BCUT2D eigenvalue weighted by Crippen LogP contribution is -2.34. The van der Waals surface area contributed by atoms with Crippen LogP contribution in [0.4, 0.5) is 10.5 Å². The number of anilines is 1. The van der Waals surface area contributed by atoms with E-state index in [9.17, 15) is 9.90 Å². The molecular weight excluding hydrogens is 264 g/mol. The molecule has 0 bridgehead atoms. The minimum Gasteiger partial charge on any atom is -0.389 e. The third kappa shape index (κ3) is 3.97. The van der Waals surface area contributed by atoms with E-state index >= 15 is 0 Å². The Morgan fingerprint density at radius 3 is 2.24 bits per heavy atom.